The Bertz CT molecular complexity index is 644. The van der Waals surface area contributed by atoms with E-state index >= 15 is 0 Å². The first-order valence-corrected chi connectivity index (χ1v) is 7.34. The molecular formula is C15H15IN2O3. The van der Waals surface area contributed by atoms with Gasteiger partial charge in [0.15, 0.2) is 0 Å². The molecule has 0 saturated heterocycles. The van der Waals surface area contributed by atoms with Crippen LogP contribution in [0.25, 0.3) is 0 Å². The Morgan fingerprint density at radius 3 is 2.48 bits per heavy atom. The molecule has 5 N–H and O–H groups in total. The van der Waals surface area contributed by atoms with Gasteiger partial charge >= 0.3 is 0 Å². The van der Waals surface area contributed by atoms with Crippen LogP contribution in [0.1, 0.15) is 5.56 Å². The Morgan fingerprint density at radius 2 is 1.90 bits per heavy atom. The third-order valence-corrected chi connectivity index (χ3v) is 3.72. The van der Waals surface area contributed by atoms with Gasteiger partial charge in [-0.3, -0.25) is 4.79 Å². The molecule has 0 radical (unpaired) electrons. The maximum atomic E-state index is 11.0. The summed E-state index contributed by atoms with van der Waals surface area (Å²) in [5.41, 5.74) is 11.7. The highest BCUT2D eigenvalue weighted by atomic mass is 127. The molecule has 5 nitrogen and oxygen atoms in total. The van der Waals surface area contributed by atoms with Crippen LogP contribution in [0.2, 0.25) is 0 Å². The first-order valence-electron chi connectivity index (χ1n) is 6.26. The monoisotopic (exact) mass is 398 g/mol. The molecule has 0 aliphatic heterocycles. The summed E-state index contributed by atoms with van der Waals surface area (Å²) >= 11 is 2.15. The van der Waals surface area contributed by atoms with Crippen LogP contribution in [0.15, 0.2) is 42.5 Å². The molecule has 2 aromatic rings. The Kier molecular flexibility index (Phi) is 5.03. The number of amides is 1. The zero-order valence-electron chi connectivity index (χ0n) is 11.1. The molecule has 0 aromatic heterocycles. The number of phenolic OH excluding ortho intramolecular Hbond substituents is 1. The van der Waals surface area contributed by atoms with Crippen molar-refractivity contribution in [3.63, 3.8) is 0 Å². The first-order chi connectivity index (χ1) is 9.95. The summed E-state index contributed by atoms with van der Waals surface area (Å²) in [4.78, 5) is 11.0. The van der Waals surface area contributed by atoms with Crippen LogP contribution in [0, 0.1) is 3.57 Å². The van der Waals surface area contributed by atoms with Gasteiger partial charge in [0, 0.05) is 0 Å². The molecule has 0 bridgehead atoms. The number of ether oxygens (including phenoxy) is 1. The van der Waals surface area contributed by atoms with Crippen LogP contribution in [0.3, 0.4) is 0 Å². The number of phenols is 1. The molecule has 1 unspecified atom stereocenters. The standard InChI is InChI=1S/C15H15IN2O3/c16-12-7-9(8-13(17)15(18)20)1-6-14(12)21-11-4-2-10(19)3-5-11/h1-7,13,19H,8,17H2,(H2,18,20). The van der Waals surface area contributed by atoms with Gasteiger partial charge in [0.05, 0.1) is 9.61 Å². The minimum atomic E-state index is -0.690. The summed E-state index contributed by atoms with van der Waals surface area (Å²) < 4.78 is 6.63. The maximum Gasteiger partial charge on any atom is 0.234 e. The molecule has 1 amide bonds. The third-order valence-electron chi connectivity index (χ3n) is 2.88. The SMILES string of the molecule is NC(=O)C(N)Cc1ccc(Oc2ccc(O)cc2)c(I)c1. The molecule has 2 aromatic carbocycles. The van der Waals surface area contributed by atoms with Crippen LogP contribution >= 0.6 is 22.6 Å². The number of primary amides is 1. The van der Waals surface area contributed by atoms with Crippen molar-refractivity contribution in [1.29, 1.82) is 0 Å². The summed E-state index contributed by atoms with van der Waals surface area (Å²) in [5, 5.41) is 9.24. The lowest BCUT2D eigenvalue weighted by molar-refractivity contribution is -0.119. The van der Waals surface area contributed by atoms with Gasteiger partial charge in [-0.1, -0.05) is 6.07 Å². The molecule has 2 rings (SSSR count). The smallest absolute Gasteiger partial charge is 0.234 e. The van der Waals surface area contributed by atoms with Crippen LogP contribution in [-0.2, 0) is 11.2 Å². The summed E-state index contributed by atoms with van der Waals surface area (Å²) in [6.45, 7) is 0. The van der Waals surface area contributed by atoms with Crippen LogP contribution < -0.4 is 16.2 Å². The van der Waals surface area contributed by atoms with E-state index in [1.807, 2.05) is 18.2 Å². The molecule has 0 spiro atoms. The van der Waals surface area contributed by atoms with Crippen molar-refractivity contribution in [3.8, 4) is 17.2 Å². The van der Waals surface area contributed by atoms with Gasteiger partial charge in [-0.05, 0) is 71.0 Å². The number of aromatic hydroxyl groups is 1. The van der Waals surface area contributed by atoms with E-state index < -0.39 is 11.9 Å². The highest BCUT2D eigenvalue weighted by molar-refractivity contribution is 14.1. The lowest BCUT2D eigenvalue weighted by atomic mass is 10.1. The van der Waals surface area contributed by atoms with Crippen LogP contribution in [0.5, 0.6) is 17.2 Å². The minimum Gasteiger partial charge on any atom is -0.508 e. The van der Waals surface area contributed by atoms with Crippen molar-refractivity contribution in [3.05, 3.63) is 51.6 Å². The van der Waals surface area contributed by atoms with Crippen molar-refractivity contribution in [2.75, 3.05) is 0 Å². The average Bonchev–Trinajstić information content (AvgIpc) is 2.44. The van der Waals surface area contributed by atoms with Crippen molar-refractivity contribution in [2.24, 2.45) is 11.5 Å². The number of benzene rings is 2. The fourth-order valence-electron chi connectivity index (χ4n) is 1.75. The van der Waals surface area contributed by atoms with Crippen molar-refractivity contribution in [1.82, 2.24) is 0 Å². The van der Waals surface area contributed by atoms with Gasteiger partial charge in [-0.15, -0.1) is 0 Å². The minimum absolute atomic E-state index is 0.188. The van der Waals surface area contributed by atoms with Crippen LogP contribution in [-0.4, -0.2) is 17.1 Å². The molecule has 0 aliphatic rings. The fourth-order valence-corrected chi connectivity index (χ4v) is 2.44. The number of halogens is 1. The largest absolute Gasteiger partial charge is 0.508 e. The third kappa shape index (κ3) is 4.33. The van der Waals surface area contributed by atoms with Crippen molar-refractivity contribution >= 4 is 28.5 Å². The van der Waals surface area contributed by atoms with E-state index in [0.717, 1.165) is 9.13 Å². The van der Waals surface area contributed by atoms with E-state index in [0.29, 0.717) is 17.9 Å². The number of carbonyl (C=O) groups is 1. The molecule has 6 heteroatoms. The highest BCUT2D eigenvalue weighted by Gasteiger charge is 2.11. The second kappa shape index (κ2) is 6.77. The van der Waals surface area contributed by atoms with E-state index in [4.69, 9.17) is 16.2 Å². The Hall–Kier alpha value is -1.80. The molecule has 0 fully saturated rings. The van der Waals surface area contributed by atoms with Gasteiger partial charge in [-0.2, -0.15) is 0 Å². The second-order valence-electron chi connectivity index (χ2n) is 4.57. The Labute approximate surface area is 136 Å². The van der Waals surface area contributed by atoms with Gasteiger partial charge < -0.3 is 21.3 Å². The van der Waals surface area contributed by atoms with Gasteiger partial charge in [-0.25, -0.2) is 0 Å². The number of carbonyl (C=O) groups excluding carboxylic acids is 1. The number of rotatable bonds is 5. The second-order valence-corrected chi connectivity index (χ2v) is 5.74. The average molecular weight is 398 g/mol. The lowest BCUT2D eigenvalue weighted by Gasteiger charge is -2.11. The van der Waals surface area contributed by atoms with Gasteiger partial charge in [0.2, 0.25) is 5.91 Å². The lowest BCUT2D eigenvalue weighted by Crippen LogP contribution is -2.38. The molecule has 0 heterocycles. The van der Waals surface area contributed by atoms with Gasteiger partial charge in [0.1, 0.15) is 17.2 Å². The predicted molar refractivity (Wildman–Crippen MR) is 88.2 cm³/mol. The predicted octanol–water partition coefficient (Wildman–Crippen LogP) is 2.14. The first kappa shape index (κ1) is 15.6. The summed E-state index contributed by atoms with van der Waals surface area (Å²) in [6.07, 6.45) is 0.394. The zero-order valence-corrected chi connectivity index (χ0v) is 13.3. The summed E-state index contributed by atoms with van der Waals surface area (Å²) in [6, 6.07) is 11.4. The molecule has 0 saturated carbocycles. The van der Waals surface area contributed by atoms with Crippen molar-refractivity contribution < 1.29 is 14.6 Å². The number of hydrogen-bond acceptors (Lipinski definition) is 4. The topological polar surface area (TPSA) is 98.6 Å². The fraction of sp³-hybridized carbons (Fsp3) is 0.133. The summed E-state index contributed by atoms with van der Waals surface area (Å²) in [7, 11) is 0. The normalized spacial score (nSPS) is 11.9. The van der Waals surface area contributed by atoms with E-state index in [-0.39, 0.29) is 5.75 Å². The quantitative estimate of drug-likeness (QED) is 0.673. The van der Waals surface area contributed by atoms with Gasteiger partial charge in [0.25, 0.3) is 0 Å². The molecular weight excluding hydrogens is 383 g/mol. The number of nitrogens with two attached hydrogens (primary N) is 2. The number of hydrogen-bond donors (Lipinski definition) is 3. The molecule has 110 valence electrons. The van der Waals surface area contributed by atoms with E-state index in [9.17, 15) is 9.90 Å². The molecule has 0 aliphatic carbocycles. The van der Waals surface area contributed by atoms with Crippen molar-refractivity contribution in [2.45, 2.75) is 12.5 Å². The van der Waals surface area contributed by atoms with E-state index in [2.05, 4.69) is 22.6 Å². The van der Waals surface area contributed by atoms with Crippen LogP contribution in [0.4, 0.5) is 0 Å². The summed E-state index contributed by atoms with van der Waals surface area (Å²) in [5.74, 6) is 0.993. The zero-order chi connectivity index (χ0) is 15.4. The maximum absolute atomic E-state index is 11.0. The van der Waals surface area contributed by atoms with E-state index in [1.165, 1.54) is 0 Å². The molecule has 21 heavy (non-hydrogen) atoms. The molecule has 1 atom stereocenters. The highest BCUT2D eigenvalue weighted by Crippen LogP contribution is 2.28. The van der Waals surface area contributed by atoms with E-state index in [1.54, 1.807) is 24.3 Å². The Balaban J connectivity index is 2.12. The Morgan fingerprint density at radius 1 is 1.24 bits per heavy atom.